The van der Waals surface area contributed by atoms with Crippen molar-refractivity contribution in [2.24, 2.45) is 5.92 Å². The molecule has 0 aromatic carbocycles. The Morgan fingerprint density at radius 3 is 2.82 bits per heavy atom. The molecule has 1 atom stereocenters. The lowest BCUT2D eigenvalue weighted by Gasteiger charge is -2.19. The third-order valence-electron chi connectivity index (χ3n) is 2.04. The molecule has 0 saturated carbocycles. The number of hydrogen-bond acceptors (Lipinski definition) is 5. The fourth-order valence-electron chi connectivity index (χ4n) is 1.11. The topological polar surface area (TPSA) is 92.4 Å². The second-order valence-electron chi connectivity index (χ2n) is 3.55. The lowest BCUT2D eigenvalue weighted by Crippen LogP contribution is -2.62. The van der Waals surface area contributed by atoms with Crippen molar-refractivity contribution >= 4 is 22.8 Å². The van der Waals surface area contributed by atoms with Gasteiger partial charge in [-0.25, -0.2) is 5.01 Å². The highest BCUT2D eigenvalue weighted by Crippen LogP contribution is 2.09. The zero-order valence-corrected chi connectivity index (χ0v) is 10.7. The molecule has 1 amide bonds. The van der Waals surface area contributed by atoms with Gasteiger partial charge in [0, 0.05) is 18.6 Å². The van der Waals surface area contributed by atoms with E-state index in [0.29, 0.717) is 5.75 Å². The lowest BCUT2D eigenvalue weighted by molar-refractivity contribution is -0.752. The van der Waals surface area contributed by atoms with Crippen LogP contribution in [0.3, 0.4) is 0 Å². The van der Waals surface area contributed by atoms with Crippen molar-refractivity contribution in [1.29, 1.82) is 5.41 Å². The molecule has 0 aliphatic carbocycles. The van der Waals surface area contributed by atoms with Crippen molar-refractivity contribution < 1.29 is 18.9 Å². The van der Waals surface area contributed by atoms with E-state index in [4.69, 9.17) is 5.41 Å². The van der Waals surface area contributed by atoms with Gasteiger partial charge in [0.1, 0.15) is 0 Å². The predicted octanol–water partition coefficient (Wildman–Crippen LogP) is -0.986. The van der Waals surface area contributed by atoms with Gasteiger partial charge in [-0.2, -0.15) is 0 Å². The summed E-state index contributed by atoms with van der Waals surface area (Å²) in [5.74, 6) is -0.0886. The minimum absolute atomic E-state index is 0.0187. The highest BCUT2D eigenvalue weighted by Gasteiger charge is 2.19. The zero-order valence-electron chi connectivity index (χ0n) is 9.84. The summed E-state index contributed by atoms with van der Waals surface area (Å²) in [4.78, 5) is 23.8. The number of rotatable bonds is 4. The molecule has 0 radical (unpaired) electrons. The van der Waals surface area contributed by atoms with Gasteiger partial charge in [0.05, 0.1) is 0 Å². The molecule has 0 unspecified atom stereocenters. The van der Waals surface area contributed by atoms with Crippen LogP contribution in [0, 0.1) is 11.3 Å². The quantitative estimate of drug-likeness (QED) is 0.700. The largest absolute Gasteiger partial charge is 0.380 e. The Labute approximate surface area is 102 Å². The van der Waals surface area contributed by atoms with Crippen molar-refractivity contribution in [1.82, 2.24) is 5.27 Å². The number of hydrogen-bond donors (Lipinski definition) is 1. The summed E-state index contributed by atoms with van der Waals surface area (Å²) in [5.41, 5.74) is -0.129. The summed E-state index contributed by atoms with van der Waals surface area (Å²) >= 11 is 1.11. The van der Waals surface area contributed by atoms with Gasteiger partial charge in [0.15, 0.2) is 11.0 Å². The van der Waals surface area contributed by atoms with Crippen molar-refractivity contribution in [2.45, 2.75) is 13.8 Å². The normalized spacial score (nSPS) is 12.2. The Hall–Kier alpha value is -1.57. The SMILES string of the molecule is CC(=O)SC[C@@H](C)C(=O)N(C)[n+]1cc(=N)o[n-]1. The van der Waals surface area contributed by atoms with E-state index < -0.39 is 0 Å². The van der Waals surface area contributed by atoms with E-state index in [2.05, 4.69) is 9.79 Å². The van der Waals surface area contributed by atoms with E-state index in [1.54, 1.807) is 6.92 Å². The van der Waals surface area contributed by atoms with E-state index in [0.717, 1.165) is 16.6 Å². The minimum Gasteiger partial charge on any atom is -0.380 e. The first-order chi connectivity index (χ1) is 7.91. The molecule has 94 valence electrons. The molecule has 0 aliphatic rings. The molecule has 8 heteroatoms. The molecule has 0 fully saturated rings. The molecule has 0 spiro atoms. The smallest absolute Gasteiger partial charge is 0.286 e. The Balaban J connectivity index is 2.63. The first kappa shape index (κ1) is 13.5. The number of nitrogens with zero attached hydrogens (tertiary/aromatic N) is 3. The van der Waals surface area contributed by atoms with Crippen LogP contribution in [-0.4, -0.2) is 23.8 Å². The van der Waals surface area contributed by atoms with Crippen LogP contribution in [0.15, 0.2) is 10.7 Å². The highest BCUT2D eigenvalue weighted by atomic mass is 32.2. The maximum atomic E-state index is 11.9. The van der Waals surface area contributed by atoms with Crippen LogP contribution in [0.2, 0.25) is 0 Å². The summed E-state index contributed by atoms with van der Waals surface area (Å²) in [5, 5.41) is 11.9. The lowest BCUT2D eigenvalue weighted by atomic mass is 10.2. The standard InChI is InChI=1S/C9H14N4O3S/c1-6(5-17-7(2)14)9(15)12(3)13-4-8(10)16-11-13/h4,6,10H,5H2,1-3H3/t6-/m1/s1. The third kappa shape index (κ3) is 3.74. The Morgan fingerprint density at radius 1 is 1.71 bits per heavy atom. The van der Waals surface area contributed by atoms with E-state index in [9.17, 15) is 9.59 Å². The molecule has 0 aliphatic heterocycles. The van der Waals surface area contributed by atoms with Gasteiger partial charge < -0.3 is 4.52 Å². The summed E-state index contributed by atoms with van der Waals surface area (Å²) in [6.45, 7) is 3.20. The van der Waals surface area contributed by atoms with Crippen molar-refractivity contribution in [3.63, 3.8) is 0 Å². The Kier molecular flexibility index (Phi) is 4.50. The van der Waals surface area contributed by atoms with Crippen molar-refractivity contribution in [3.8, 4) is 0 Å². The summed E-state index contributed by atoms with van der Waals surface area (Å²) in [6.07, 6.45) is 1.28. The van der Waals surface area contributed by atoms with Gasteiger partial charge in [0.2, 0.25) is 0 Å². The highest BCUT2D eigenvalue weighted by molar-refractivity contribution is 8.13. The molecule has 17 heavy (non-hydrogen) atoms. The van der Waals surface area contributed by atoms with Gasteiger partial charge in [-0.1, -0.05) is 23.5 Å². The van der Waals surface area contributed by atoms with Crippen LogP contribution in [0.4, 0.5) is 0 Å². The van der Waals surface area contributed by atoms with Gasteiger partial charge in [-0.05, 0) is 12.3 Å². The molecular formula is C9H14N4O3S. The van der Waals surface area contributed by atoms with Crippen LogP contribution < -0.4 is 20.6 Å². The fourth-order valence-corrected chi connectivity index (χ4v) is 1.74. The summed E-state index contributed by atoms with van der Waals surface area (Å²) in [6, 6.07) is 0. The Morgan fingerprint density at radius 2 is 2.35 bits per heavy atom. The molecule has 1 aromatic rings. The summed E-state index contributed by atoms with van der Waals surface area (Å²) in [7, 11) is 1.53. The zero-order chi connectivity index (χ0) is 13.0. The second kappa shape index (κ2) is 5.67. The van der Waals surface area contributed by atoms with Crippen LogP contribution in [0.5, 0.6) is 0 Å². The maximum Gasteiger partial charge on any atom is 0.286 e. The van der Waals surface area contributed by atoms with E-state index >= 15 is 0 Å². The molecule has 1 rings (SSSR count). The average Bonchev–Trinajstić information content (AvgIpc) is 2.70. The second-order valence-corrected chi connectivity index (χ2v) is 4.75. The number of aromatic nitrogens is 2. The van der Waals surface area contributed by atoms with Crippen molar-refractivity contribution in [2.75, 3.05) is 17.8 Å². The van der Waals surface area contributed by atoms with E-state index in [1.807, 2.05) is 0 Å². The van der Waals surface area contributed by atoms with Crippen LogP contribution in [-0.2, 0) is 9.59 Å². The third-order valence-corrected chi connectivity index (χ3v) is 3.11. The number of nitrogens with one attached hydrogen (secondary N) is 1. The van der Waals surface area contributed by atoms with Gasteiger partial charge in [-0.3, -0.25) is 15.0 Å². The van der Waals surface area contributed by atoms with E-state index in [1.165, 1.54) is 25.2 Å². The van der Waals surface area contributed by atoms with E-state index in [-0.39, 0.29) is 22.5 Å². The number of amides is 1. The molecule has 0 saturated heterocycles. The van der Waals surface area contributed by atoms with Gasteiger partial charge >= 0.3 is 0 Å². The van der Waals surface area contributed by atoms with Crippen LogP contribution in [0.25, 0.3) is 0 Å². The molecular weight excluding hydrogens is 244 g/mol. The number of carbonyl (C=O) groups is 2. The monoisotopic (exact) mass is 258 g/mol. The maximum absolute atomic E-state index is 11.9. The molecule has 0 bridgehead atoms. The molecule has 7 nitrogen and oxygen atoms in total. The Bertz CT molecular complexity index is 467. The average molecular weight is 258 g/mol. The number of thioether (sulfide) groups is 1. The molecule has 1 N–H and O–H groups in total. The minimum atomic E-state index is -0.313. The fraction of sp³-hybridized carbons (Fsp3) is 0.556. The van der Waals surface area contributed by atoms with Gasteiger partial charge in [0.25, 0.3) is 11.8 Å². The number of carbonyl (C=O) groups excluding carboxylic acids is 2. The van der Waals surface area contributed by atoms with Crippen LogP contribution in [0.1, 0.15) is 13.8 Å². The summed E-state index contributed by atoms with van der Waals surface area (Å²) < 4.78 is 4.54. The van der Waals surface area contributed by atoms with Crippen LogP contribution >= 0.6 is 11.8 Å². The van der Waals surface area contributed by atoms with Crippen molar-refractivity contribution in [3.05, 3.63) is 11.8 Å². The predicted molar refractivity (Wildman–Crippen MR) is 59.5 cm³/mol. The van der Waals surface area contributed by atoms with Gasteiger partial charge in [-0.15, -0.1) is 0 Å². The molecule has 1 heterocycles. The first-order valence-corrected chi connectivity index (χ1v) is 5.92. The first-order valence-electron chi connectivity index (χ1n) is 4.93. The molecule has 1 aromatic heterocycles.